The normalized spacial score (nSPS) is 13.3. The monoisotopic (exact) mass is 423 g/mol. The van der Waals surface area contributed by atoms with Crippen LogP contribution >= 0.6 is 0 Å². The van der Waals surface area contributed by atoms with Crippen LogP contribution in [-0.4, -0.2) is 45.0 Å². The number of nitrogens with one attached hydrogen (secondary N) is 2. The second-order valence-corrected chi connectivity index (χ2v) is 7.75. The van der Waals surface area contributed by atoms with Crippen molar-refractivity contribution >= 4 is 11.7 Å². The molecule has 1 amide bonds. The SMILES string of the molecule is CCn1cc(-c2cc(-c3cc(C(=O)NC4CC4)c(F)cc3C)cnc2NCCO)cn1. The molecule has 1 aliphatic carbocycles. The molecule has 7 nitrogen and oxygen atoms in total. The zero-order chi connectivity index (χ0) is 22.0. The minimum Gasteiger partial charge on any atom is -0.395 e. The lowest BCUT2D eigenvalue weighted by Gasteiger charge is -2.14. The highest BCUT2D eigenvalue weighted by atomic mass is 19.1. The van der Waals surface area contributed by atoms with E-state index in [1.807, 2.05) is 30.8 Å². The van der Waals surface area contributed by atoms with Gasteiger partial charge in [0.1, 0.15) is 11.6 Å². The Morgan fingerprint density at radius 2 is 2.03 bits per heavy atom. The summed E-state index contributed by atoms with van der Waals surface area (Å²) in [6.45, 7) is 4.90. The number of aliphatic hydroxyl groups is 1. The van der Waals surface area contributed by atoms with E-state index in [1.165, 1.54) is 6.07 Å². The molecule has 0 atom stereocenters. The lowest BCUT2D eigenvalue weighted by atomic mass is 9.96. The Bertz CT molecular complexity index is 1110. The maximum Gasteiger partial charge on any atom is 0.254 e. The second kappa shape index (κ2) is 8.85. The number of benzene rings is 1. The van der Waals surface area contributed by atoms with Gasteiger partial charge in [-0.2, -0.15) is 5.10 Å². The molecule has 0 spiro atoms. The fourth-order valence-electron chi connectivity index (χ4n) is 3.47. The van der Waals surface area contributed by atoms with Crippen LogP contribution in [0.2, 0.25) is 0 Å². The molecule has 1 saturated carbocycles. The van der Waals surface area contributed by atoms with E-state index < -0.39 is 5.82 Å². The van der Waals surface area contributed by atoms with Crippen LogP contribution < -0.4 is 10.6 Å². The summed E-state index contributed by atoms with van der Waals surface area (Å²) < 4.78 is 16.4. The molecule has 0 bridgehead atoms. The number of anilines is 1. The predicted octanol–water partition coefficient (Wildman–Crippen LogP) is 3.38. The van der Waals surface area contributed by atoms with Gasteiger partial charge in [0.05, 0.1) is 18.4 Å². The van der Waals surface area contributed by atoms with Crippen LogP contribution in [0.4, 0.5) is 10.2 Å². The fraction of sp³-hybridized carbons (Fsp3) is 0.348. The number of amides is 1. The number of carbonyl (C=O) groups excluding carboxylic acids is 1. The number of hydrogen-bond donors (Lipinski definition) is 3. The third kappa shape index (κ3) is 4.59. The molecular weight excluding hydrogens is 397 g/mol. The number of aliphatic hydroxyl groups excluding tert-OH is 1. The zero-order valence-electron chi connectivity index (χ0n) is 17.7. The molecule has 2 aromatic heterocycles. The molecule has 1 fully saturated rings. The van der Waals surface area contributed by atoms with Crippen LogP contribution in [0.3, 0.4) is 0 Å². The van der Waals surface area contributed by atoms with E-state index >= 15 is 0 Å². The van der Waals surface area contributed by atoms with Crippen molar-refractivity contribution in [3.05, 3.63) is 53.7 Å². The Hall–Kier alpha value is -3.26. The highest BCUT2D eigenvalue weighted by molar-refractivity contribution is 5.96. The van der Waals surface area contributed by atoms with E-state index in [0.29, 0.717) is 17.9 Å². The molecule has 0 saturated heterocycles. The van der Waals surface area contributed by atoms with Gasteiger partial charge in [-0.15, -0.1) is 0 Å². The minimum absolute atomic E-state index is 0.0202. The zero-order valence-corrected chi connectivity index (χ0v) is 17.7. The molecule has 4 rings (SSSR count). The number of hydrogen-bond acceptors (Lipinski definition) is 5. The summed E-state index contributed by atoms with van der Waals surface area (Å²) >= 11 is 0. The van der Waals surface area contributed by atoms with Crippen molar-refractivity contribution in [2.45, 2.75) is 39.3 Å². The fourth-order valence-corrected chi connectivity index (χ4v) is 3.47. The predicted molar refractivity (Wildman–Crippen MR) is 117 cm³/mol. The number of pyridine rings is 1. The third-order valence-corrected chi connectivity index (χ3v) is 5.34. The first-order valence-electron chi connectivity index (χ1n) is 10.5. The van der Waals surface area contributed by atoms with Crippen LogP contribution in [0.1, 0.15) is 35.7 Å². The Morgan fingerprint density at radius 1 is 1.23 bits per heavy atom. The molecule has 0 radical (unpaired) electrons. The van der Waals surface area contributed by atoms with Gasteiger partial charge in [0.15, 0.2) is 0 Å². The smallest absolute Gasteiger partial charge is 0.254 e. The van der Waals surface area contributed by atoms with Gasteiger partial charge in [-0.05, 0) is 56.0 Å². The number of rotatable bonds is 8. The summed E-state index contributed by atoms with van der Waals surface area (Å²) in [5.41, 5.74) is 3.96. The summed E-state index contributed by atoms with van der Waals surface area (Å²) in [4.78, 5) is 17.0. The maximum atomic E-state index is 14.5. The van der Waals surface area contributed by atoms with E-state index in [1.54, 1.807) is 18.5 Å². The van der Waals surface area contributed by atoms with Crippen molar-refractivity contribution in [2.24, 2.45) is 0 Å². The van der Waals surface area contributed by atoms with Crippen LogP contribution in [0, 0.1) is 12.7 Å². The largest absolute Gasteiger partial charge is 0.395 e. The highest BCUT2D eigenvalue weighted by Gasteiger charge is 2.25. The number of carbonyl (C=O) groups is 1. The first kappa shape index (κ1) is 21.0. The lowest BCUT2D eigenvalue weighted by Crippen LogP contribution is -2.26. The molecule has 8 heteroatoms. The molecule has 3 N–H and O–H groups in total. The van der Waals surface area contributed by atoms with E-state index in [-0.39, 0.29) is 24.1 Å². The number of halogens is 1. The van der Waals surface area contributed by atoms with Crippen LogP contribution in [0.15, 0.2) is 36.8 Å². The molecule has 162 valence electrons. The molecular formula is C23H26FN5O2. The van der Waals surface area contributed by atoms with Crippen LogP contribution in [0.5, 0.6) is 0 Å². The topological polar surface area (TPSA) is 92.1 Å². The molecule has 3 aromatic rings. The van der Waals surface area contributed by atoms with E-state index in [2.05, 4.69) is 20.7 Å². The second-order valence-electron chi connectivity index (χ2n) is 7.75. The molecule has 1 aromatic carbocycles. The molecule has 2 heterocycles. The van der Waals surface area contributed by atoms with Crippen molar-refractivity contribution in [1.29, 1.82) is 0 Å². The number of aromatic nitrogens is 3. The van der Waals surface area contributed by atoms with Gasteiger partial charge in [0, 0.05) is 48.2 Å². The van der Waals surface area contributed by atoms with E-state index in [0.717, 1.165) is 41.6 Å². The Kier molecular flexibility index (Phi) is 5.99. The molecule has 0 aliphatic heterocycles. The quantitative estimate of drug-likeness (QED) is 0.517. The highest BCUT2D eigenvalue weighted by Crippen LogP contribution is 2.33. The molecule has 31 heavy (non-hydrogen) atoms. The minimum atomic E-state index is -0.530. The molecule has 1 aliphatic rings. The van der Waals surface area contributed by atoms with Crippen LogP contribution in [0.25, 0.3) is 22.3 Å². The van der Waals surface area contributed by atoms with Crippen molar-refractivity contribution in [3.8, 4) is 22.3 Å². The van der Waals surface area contributed by atoms with Crippen molar-refractivity contribution in [1.82, 2.24) is 20.1 Å². The van der Waals surface area contributed by atoms with Gasteiger partial charge in [-0.1, -0.05) is 0 Å². The van der Waals surface area contributed by atoms with Gasteiger partial charge >= 0.3 is 0 Å². The average Bonchev–Trinajstić information content (AvgIpc) is 3.44. The van der Waals surface area contributed by atoms with Gasteiger partial charge < -0.3 is 15.7 Å². The summed E-state index contributed by atoms with van der Waals surface area (Å²) in [7, 11) is 0. The van der Waals surface area contributed by atoms with Crippen molar-refractivity contribution in [3.63, 3.8) is 0 Å². The summed E-state index contributed by atoms with van der Waals surface area (Å²) in [6, 6.07) is 5.09. The van der Waals surface area contributed by atoms with Crippen molar-refractivity contribution in [2.75, 3.05) is 18.5 Å². The number of nitrogens with zero attached hydrogens (tertiary/aromatic N) is 3. The summed E-state index contributed by atoms with van der Waals surface area (Å²) in [5.74, 6) is -0.294. The third-order valence-electron chi connectivity index (χ3n) is 5.34. The Balaban J connectivity index is 1.76. The summed E-state index contributed by atoms with van der Waals surface area (Å²) in [5, 5.41) is 19.5. The Morgan fingerprint density at radius 3 is 2.71 bits per heavy atom. The average molecular weight is 423 g/mol. The van der Waals surface area contributed by atoms with Gasteiger partial charge in [-0.25, -0.2) is 9.37 Å². The van der Waals surface area contributed by atoms with Gasteiger partial charge in [0.2, 0.25) is 0 Å². The number of aryl methyl sites for hydroxylation is 2. The first-order valence-corrected chi connectivity index (χ1v) is 10.5. The summed E-state index contributed by atoms with van der Waals surface area (Å²) in [6.07, 6.45) is 7.26. The van der Waals surface area contributed by atoms with E-state index in [4.69, 9.17) is 0 Å². The van der Waals surface area contributed by atoms with Crippen LogP contribution in [-0.2, 0) is 6.54 Å². The lowest BCUT2D eigenvalue weighted by molar-refractivity contribution is 0.0947. The molecule has 0 unspecified atom stereocenters. The first-order chi connectivity index (χ1) is 15.0. The van der Waals surface area contributed by atoms with Gasteiger partial charge in [0.25, 0.3) is 5.91 Å². The van der Waals surface area contributed by atoms with E-state index in [9.17, 15) is 14.3 Å². The standard InChI is InChI=1S/C23H26FN5O2/c1-3-29-13-16(12-27-29)19-9-15(11-26-22(19)25-6-7-30)18-10-20(21(24)8-14(18)2)23(31)28-17-4-5-17/h8-13,17,30H,3-7H2,1-2H3,(H,25,26)(H,28,31). The maximum absolute atomic E-state index is 14.5. The van der Waals surface area contributed by atoms with Crippen molar-refractivity contribution < 1.29 is 14.3 Å². The Labute approximate surface area is 180 Å². The van der Waals surface area contributed by atoms with Gasteiger partial charge in [-0.3, -0.25) is 9.48 Å².